The number of halogens is 2. The number of aryl methyl sites for hydroxylation is 1. The van der Waals surface area contributed by atoms with E-state index < -0.39 is 5.92 Å². The zero-order valence-electron chi connectivity index (χ0n) is 15.9. The summed E-state index contributed by atoms with van der Waals surface area (Å²) in [6.45, 7) is 11.2. The van der Waals surface area contributed by atoms with Crippen LogP contribution in [0.25, 0.3) is 11.3 Å². The molecule has 0 aliphatic heterocycles. The van der Waals surface area contributed by atoms with Crippen LogP contribution in [0.1, 0.15) is 55.1 Å². The summed E-state index contributed by atoms with van der Waals surface area (Å²) < 4.78 is 27.0. The third-order valence-electron chi connectivity index (χ3n) is 4.85. The molecule has 138 valence electrons. The van der Waals surface area contributed by atoms with Crippen molar-refractivity contribution >= 4 is 11.3 Å². The van der Waals surface area contributed by atoms with Crippen molar-refractivity contribution in [2.75, 3.05) is 0 Å². The molecule has 1 aliphatic carbocycles. The zero-order valence-corrected chi connectivity index (χ0v) is 15.9. The fourth-order valence-electron chi connectivity index (χ4n) is 3.14. The predicted molar refractivity (Wildman–Crippen MR) is 105 cm³/mol. The first-order valence-electron chi connectivity index (χ1n) is 8.76. The maximum absolute atomic E-state index is 13.5. The lowest BCUT2D eigenvalue weighted by molar-refractivity contribution is 0.0419. The van der Waals surface area contributed by atoms with Crippen molar-refractivity contribution in [3.8, 4) is 0 Å². The third kappa shape index (κ3) is 3.69. The number of benzene rings is 1. The van der Waals surface area contributed by atoms with E-state index in [1.165, 1.54) is 36.7 Å². The van der Waals surface area contributed by atoms with Crippen molar-refractivity contribution in [1.82, 2.24) is 4.98 Å². The SMILES string of the molecule is C=C(N)c1cccc(CCC)c1C.CC1=C(C)C(F)(F)c2cccnc21. The largest absolute Gasteiger partial charge is 0.399 e. The smallest absolute Gasteiger partial charge is 0.296 e. The van der Waals surface area contributed by atoms with Crippen LogP contribution in [0.3, 0.4) is 0 Å². The summed E-state index contributed by atoms with van der Waals surface area (Å²) in [5.41, 5.74) is 11.3. The van der Waals surface area contributed by atoms with Gasteiger partial charge in [0.15, 0.2) is 0 Å². The van der Waals surface area contributed by atoms with Crippen LogP contribution in [0.4, 0.5) is 8.78 Å². The highest BCUT2D eigenvalue weighted by Gasteiger charge is 2.43. The number of aromatic nitrogens is 1. The predicted octanol–water partition coefficient (Wildman–Crippen LogP) is 5.86. The highest BCUT2D eigenvalue weighted by molar-refractivity contribution is 5.74. The molecule has 0 atom stereocenters. The van der Waals surface area contributed by atoms with Crippen molar-refractivity contribution < 1.29 is 8.78 Å². The summed E-state index contributed by atoms with van der Waals surface area (Å²) in [5.74, 6) is -2.83. The Morgan fingerprint density at radius 3 is 2.42 bits per heavy atom. The molecule has 1 aromatic carbocycles. The zero-order chi connectivity index (χ0) is 19.5. The van der Waals surface area contributed by atoms with E-state index in [1.807, 2.05) is 12.1 Å². The highest BCUT2D eigenvalue weighted by atomic mass is 19.3. The van der Waals surface area contributed by atoms with Gasteiger partial charge in [-0.05, 0) is 61.6 Å². The van der Waals surface area contributed by atoms with Crippen molar-refractivity contribution in [2.45, 2.75) is 46.5 Å². The molecule has 2 aromatic rings. The lowest BCUT2D eigenvalue weighted by Gasteiger charge is -2.11. The quantitative estimate of drug-likeness (QED) is 0.748. The van der Waals surface area contributed by atoms with Crippen molar-refractivity contribution in [2.24, 2.45) is 5.73 Å². The number of allylic oxidation sites excluding steroid dienone is 2. The first kappa shape index (κ1) is 19.8. The van der Waals surface area contributed by atoms with Gasteiger partial charge >= 0.3 is 0 Å². The summed E-state index contributed by atoms with van der Waals surface area (Å²) in [7, 11) is 0. The first-order chi connectivity index (χ1) is 12.2. The van der Waals surface area contributed by atoms with Crippen LogP contribution in [0.5, 0.6) is 0 Å². The maximum atomic E-state index is 13.5. The molecule has 26 heavy (non-hydrogen) atoms. The fraction of sp³-hybridized carbons (Fsp3) is 0.318. The molecule has 0 unspecified atom stereocenters. The molecule has 1 heterocycles. The molecule has 0 radical (unpaired) electrons. The number of pyridine rings is 1. The summed E-state index contributed by atoms with van der Waals surface area (Å²) in [6.07, 6.45) is 3.82. The molecule has 4 heteroatoms. The van der Waals surface area contributed by atoms with Gasteiger partial charge in [0.1, 0.15) is 0 Å². The van der Waals surface area contributed by atoms with Gasteiger partial charge in [-0.15, -0.1) is 0 Å². The van der Waals surface area contributed by atoms with Gasteiger partial charge in [0.05, 0.1) is 11.3 Å². The van der Waals surface area contributed by atoms with Gasteiger partial charge in [0.2, 0.25) is 0 Å². The van der Waals surface area contributed by atoms with E-state index >= 15 is 0 Å². The van der Waals surface area contributed by atoms with E-state index in [4.69, 9.17) is 5.73 Å². The van der Waals surface area contributed by atoms with Crippen LogP contribution >= 0.6 is 0 Å². The summed E-state index contributed by atoms with van der Waals surface area (Å²) in [4.78, 5) is 3.95. The van der Waals surface area contributed by atoms with Crippen molar-refractivity contribution in [3.05, 3.63) is 76.6 Å². The molecular formula is C22H26F2N2. The van der Waals surface area contributed by atoms with E-state index in [9.17, 15) is 8.78 Å². The number of hydrogen-bond acceptors (Lipinski definition) is 2. The topological polar surface area (TPSA) is 38.9 Å². The van der Waals surface area contributed by atoms with Crippen LogP contribution < -0.4 is 5.73 Å². The van der Waals surface area contributed by atoms with E-state index in [-0.39, 0.29) is 11.1 Å². The summed E-state index contributed by atoms with van der Waals surface area (Å²) >= 11 is 0. The number of hydrogen-bond donors (Lipinski definition) is 1. The molecule has 1 aliphatic rings. The molecule has 3 rings (SSSR count). The lowest BCUT2D eigenvalue weighted by Crippen LogP contribution is -2.11. The Bertz CT molecular complexity index is 851. The average molecular weight is 356 g/mol. The average Bonchev–Trinajstić information content (AvgIpc) is 2.79. The lowest BCUT2D eigenvalue weighted by atomic mass is 9.98. The Morgan fingerprint density at radius 2 is 1.85 bits per heavy atom. The minimum Gasteiger partial charge on any atom is -0.399 e. The van der Waals surface area contributed by atoms with E-state index in [0.717, 1.165) is 12.0 Å². The third-order valence-corrected chi connectivity index (χ3v) is 4.85. The Hall–Kier alpha value is -2.49. The summed E-state index contributed by atoms with van der Waals surface area (Å²) in [5, 5.41) is 0. The normalized spacial score (nSPS) is 14.5. The number of fused-ring (bicyclic) bond motifs is 1. The number of nitrogens with two attached hydrogens (primary N) is 1. The minimum atomic E-state index is -2.83. The van der Waals surface area contributed by atoms with E-state index in [2.05, 4.69) is 31.5 Å². The standard InChI is InChI=1S/C12H17N.C10H9F2N/c1-4-6-11-7-5-8-12(9(11)2)10(3)13;1-6-7(2)10(11,12)8-4-3-5-13-9(6)8/h5,7-8H,3-4,6,13H2,1-2H3;3-5H,1-2H3. The Labute approximate surface area is 154 Å². The van der Waals surface area contributed by atoms with Gasteiger partial charge < -0.3 is 5.73 Å². The van der Waals surface area contributed by atoms with E-state index in [1.54, 1.807) is 13.0 Å². The second kappa shape index (κ2) is 7.81. The molecule has 0 amide bonds. The van der Waals surface area contributed by atoms with Crippen LogP contribution in [0.15, 0.2) is 48.7 Å². The van der Waals surface area contributed by atoms with Gasteiger partial charge in [0, 0.05) is 17.5 Å². The molecule has 1 aromatic heterocycles. The van der Waals surface area contributed by atoms with Crippen molar-refractivity contribution in [3.63, 3.8) is 0 Å². The van der Waals surface area contributed by atoms with Gasteiger partial charge in [-0.25, -0.2) is 0 Å². The van der Waals surface area contributed by atoms with E-state index in [0.29, 0.717) is 17.0 Å². The van der Waals surface area contributed by atoms with Crippen LogP contribution in [-0.2, 0) is 12.3 Å². The molecule has 0 saturated heterocycles. The first-order valence-corrected chi connectivity index (χ1v) is 8.76. The van der Waals surface area contributed by atoms with Crippen LogP contribution in [-0.4, -0.2) is 4.98 Å². The Morgan fingerprint density at radius 1 is 1.15 bits per heavy atom. The molecule has 2 nitrogen and oxygen atoms in total. The Kier molecular flexibility index (Phi) is 5.96. The number of rotatable bonds is 3. The molecular weight excluding hydrogens is 330 g/mol. The summed E-state index contributed by atoms with van der Waals surface area (Å²) in [6, 6.07) is 9.20. The molecule has 0 saturated carbocycles. The second-order valence-corrected chi connectivity index (χ2v) is 6.59. The monoisotopic (exact) mass is 356 g/mol. The fourth-order valence-corrected chi connectivity index (χ4v) is 3.14. The molecule has 2 N–H and O–H groups in total. The number of alkyl halides is 2. The maximum Gasteiger partial charge on any atom is 0.296 e. The molecule has 0 bridgehead atoms. The number of nitrogens with zero attached hydrogens (tertiary/aromatic N) is 1. The van der Waals surface area contributed by atoms with Gasteiger partial charge in [0.25, 0.3) is 5.92 Å². The molecule has 0 spiro atoms. The highest BCUT2D eigenvalue weighted by Crippen LogP contribution is 2.47. The molecule has 0 fully saturated rings. The van der Waals surface area contributed by atoms with Gasteiger partial charge in [-0.3, -0.25) is 4.98 Å². The second-order valence-electron chi connectivity index (χ2n) is 6.59. The van der Waals surface area contributed by atoms with Crippen LogP contribution in [0, 0.1) is 6.92 Å². The van der Waals surface area contributed by atoms with Crippen molar-refractivity contribution in [1.29, 1.82) is 0 Å². The van der Waals surface area contributed by atoms with Crippen LogP contribution in [0.2, 0.25) is 0 Å². The van der Waals surface area contributed by atoms with Gasteiger partial charge in [-0.2, -0.15) is 8.78 Å². The Balaban J connectivity index is 0.000000187. The minimum absolute atomic E-state index is 0.0324. The van der Waals surface area contributed by atoms with Gasteiger partial charge in [-0.1, -0.05) is 38.1 Å².